The summed E-state index contributed by atoms with van der Waals surface area (Å²) < 4.78 is 5.70. The van der Waals surface area contributed by atoms with Crippen LogP contribution in [0.1, 0.15) is 30.5 Å². The van der Waals surface area contributed by atoms with E-state index in [0.717, 1.165) is 30.8 Å². The second kappa shape index (κ2) is 8.61. The SMILES string of the molecule is CCN(CCN=C(N)NC1CCOc2ccccc21)c1ccccc1C. The van der Waals surface area contributed by atoms with Gasteiger partial charge in [0.05, 0.1) is 19.2 Å². The van der Waals surface area contributed by atoms with Gasteiger partial charge in [0.25, 0.3) is 0 Å². The number of guanidine groups is 1. The number of aliphatic imine (C=N–C) groups is 1. The molecular weight excluding hydrogens is 324 g/mol. The lowest BCUT2D eigenvalue weighted by molar-refractivity contribution is 0.262. The number of hydrogen-bond donors (Lipinski definition) is 2. The van der Waals surface area contributed by atoms with Gasteiger partial charge in [0.15, 0.2) is 5.96 Å². The molecule has 0 fully saturated rings. The zero-order chi connectivity index (χ0) is 18.4. The minimum Gasteiger partial charge on any atom is -0.493 e. The summed E-state index contributed by atoms with van der Waals surface area (Å²) in [6.45, 7) is 7.44. The Morgan fingerprint density at radius 1 is 1.23 bits per heavy atom. The predicted octanol–water partition coefficient (Wildman–Crippen LogP) is 3.25. The Morgan fingerprint density at radius 3 is 2.81 bits per heavy atom. The van der Waals surface area contributed by atoms with Crippen LogP contribution in [-0.2, 0) is 0 Å². The molecule has 1 heterocycles. The molecule has 0 bridgehead atoms. The smallest absolute Gasteiger partial charge is 0.189 e. The molecule has 3 rings (SSSR count). The minimum absolute atomic E-state index is 0.155. The third-order valence-electron chi connectivity index (χ3n) is 4.77. The summed E-state index contributed by atoms with van der Waals surface area (Å²) in [5.74, 6) is 1.42. The Bertz CT molecular complexity index is 759. The fourth-order valence-electron chi connectivity index (χ4n) is 3.37. The predicted molar refractivity (Wildman–Crippen MR) is 108 cm³/mol. The largest absolute Gasteiger partial charge is 0.493 e. The number of nitrogens with one attached hydrogen (secondary N) is 1. The van der Waals surface area contributed by atoms with E-state index in [-0.39, 0.29) is 6.04 Å². The van der Waals surface area contributed by atoms with Crippen molar-refractivity contribution in [3.8, 4) is 5.75 Å². The standard InChI is InChI=1S/C21H28N4O/c1-3-25(19-10-6-4-8-16(19)2)14-13-23-21(22)24-18-12-15-26-20-11-7-5-9-17(18)20/h4-11,18H,3,12-15H2,1-2H3,(H3,22,23,24). The average Bonchev–Trinajstić information content (AvgIpc) is 2.66. The van der Waals surface area contributed by atoms with E-state index < -0.39 is 0 Å². The van der Waals surface area contributed by atoms with Crippen LogP contribution in [0.2, 0.25) is 0 Å². The van der Waals surface area contributed by atoms with Gasteiger partial charge in [0, 0.05) is 30.8 Å². The van der Waals surface area contributed by atoms with E-state index in [1.807, 2.05) is 18.2 Å². The first-order valence-electron chi connectivity index (χ1n) is 9.27. The van der Waals surface area contributed by atoms with Crippen LogP contribution in [0, 0.1) is 6.92 Å². The van der Waals surface area contributed by atoms with E-state index in [1.165, 1.54) is 11.3 Å². The molecule has 1 atom stereocenters. The lowest BCUT2D eigenvalue weighted by atomic mass is 10.0. The van der Waals surface area contributed by atoms with Crippen LogP contribution in [-0.4, -0.2) is 32.2 Å². The van der Waals surface area contributed by atoms with Crippen molar-refractivity contribution in [2.75, 3.05) is 31.1 Å². The van der Waals surface area contributed by atoms with Crippen molar-refractivity contribution < 1.29 is 4.74 Å². The maximum absolute atomic E-state index is 6.14. The van der Waals surface area contributed by atoms with Gasteiger partial charge in [-0.2, -0.15) is 0 Å². The van der Waals surface area contributed by atoms with E-state index in [9.17, 15) is 0 Å². The molecule has 5 nitrogen and oxygen atoms in total. The highest BCUT2D eigenvalue weighted by molar-refractivity contribution is 5.78. The number of nitrogens with zero attached hydrogens (tertiary/aromatic N) is 2. The molecule has 0 aromatic heterocycles. The minimum atomic E-state index is 0.155. The first kappa shape index (κ1) is 18.1. The number of para-hydroxylation sites is 2. The first-order valence-corrected chi connectivity index (χ1v) is 9.27. The molecule has 0 aliphatic carbocycles. The first-order chi connectivity index (χ1) is 12.7. The molecule has 0 radical (unpaired) electrons. The molecule has 1 aliphatic heterocycles. The van der Waals surface area contributed by atoms with Gasteiger partial charge < -0.3 is 20.7 Å². The highest BCUT2D eigenvalue weighted by Gasteiger charge is 2.21. The van der Waals surface area contributed by atoms with Gasteiger partial charge in [-0.1, -0.05) is 36.4 Å². The van der Waals surface area contributed by atoms with Crippen molar-refractivity contribution in [2.45, 2.75) is 26.3 Å². The van der Waals surface area contributed by atoms with E-state index in [0.29, 0.717) is 19.1 Å². The summed E-state index contributed by atoms with van der Waals surface area (Å²) in [6.07, 6.45) is 0.886. The normalized spacial score (nSPS) is 16.5. The summed E-state index contributed by atoms with van der Waals surface area (Å²) in [5, 5.41) is 3.35. The van der Waals surface area contributed by atoms with Gasteiger partial charge >= 0.3 is 0 Å². The van der Waals surface area contributed by atoms with E-state index in [2.05, 4.69) is 59.4 Å². The zero-order valence-electron chi connectivity index (χ0n) is 15.6. The van der Waals surface area contributed by atoms with Crippen molar-refractivity contribution in [1.82, 2.24) is 5.32 Å². The van der Waals surface area contributed by atoms with Crippen molar-refractivity contribution in [3.63, 3.8) is 0 Å². The summed E-state index contributed by atoms with van der Waals surface area (Å²) >= 11 is 0. The molecule has 5 heteroatoms. The fraction of sp³-hybridized carbons (Fsp3) is 0.381. The van der Waals surface area contributed by atoms with Crippen LogP contribution in [0.5, 0.6) is 5.75 Å². The van der Waals surface area contributed by atoms with Gasteiger partial charge in [-0.3, -0.25) is 4.99 Å². The quantitative estimate of drug-likeness (QED) is 0.619. The molecule has 0 saturated heterocycles. The number of rotatable bonds is 6. The van der Waals surface area contributed by atoms with Crippen LogP contribution in [0.3, 0.4) is 0 Å². The van der Waals surface area contributed by atoms with E-state index in [4.69, 9.17) is 10.5 Å². The van der Waals surface area contributed by atoms with E-state index in [1.54, 1.807) is 0 Å². The average molecular weight is 352 g/mol. The monoisotopic (exact) mass is 352 g/mol. The summed E-state index contributed by atoms with van der Waals surface area (Å²) in [5.41, 5.74) is 9.82. The Morgan fingerprint density at radius 2 is 2.00 bits per heavy atom. The molecule has 1 unspecified atom stereocenters. The van der Waals surface area contributed by atoms with Crippen molar-refractivity contribution in [1.29, 1.82) is 0 Å². The number of fused-ring (bicyclic) bond motifs is 1. The lowest BCUT2D eigenvalue weighted by Crippen LogP contribution is -2.38. The second-order valence-electron chi connectivity index (χ2n) is 6.51. The molecule has 1 aliphatic rings. The molecule has 3 N–H and O–H groups in total. The van der Waals surface area contributed by atoms with Gasteiger partial charge in [-0.05, 0) is 31.5 Å². The Hall–Kier alpha value is -2.69. The van der Waals surface area contributed by atoms with Crippen molar-refractivity contribution in [2.24, 2.45) is 10.7 Å². The highest BCUT2D eigenvalue weighted by atomic mass is 16.5. The summed E-state index contributed by atoms with van der Waals surface area (Å²) in [4.78, 5) is 6.86. The molecule has 0 spiro atoms. The van der Waals surface area contributed by atoms with Crippen molar-refractivity contribution in [3.05, 3.63) is 59.7 Å². The molecule has 26 heavy (non-hydrogen) atoms. The maximum atomic E-state index is 6.14. The molecular formula is C21H28N4O. The van der Waals surface area contributed by atoms with Crippen LogP contribution in [0.15, 0.2) is 53.5 Å². The summed E-state index contributed by atoms with van der Waals surface area (Å²) in [7, 11) is 0. The van der Waals surface area contributed by atoms with Gasteiger partial charge in [-0.25, -0.2) is 0 Å². The molecule has 2 aromatic rings. The molecule has 0 saturated carbocycles. The number of hydrogen-bond acceptors (Lipinski definition) is 3. The number of ether oxygens (including phenoxy) is 1. The van der Waals surface area contributed by atoms with Gasteiger partial charge in [0.2, 0.25) is 0 Å². The summed E-state index contributed by atoms with van der Waals surface area (Å²) in [6, 6.07) is 16.7. The number of nitrogens with two attached hydrogens (primary N) is 1. The Labute approximate surface area is 155 Å². The molecule has 2 aromatic carbocycles. The second-order valence-corrected chi connectivity index (χ2v) is 6.51. The van der Waals surface area contributed by atoms with Crippen LogP contribution < -0.4 is 20.7 Å². The number of benzene rings is 2. The van der Waals surface area contributed by atoms with Crippen molar-refractivity contribution >= 4 is 11.6 Å². The Balaban J connectivity index is 1.58. The van der Waals surface area contributed by atoms with Gasteiger partial charge in [0.1, 0.15) is 5.75 Å². The Kier molecular flexibility index (Phi) is 6.00. The molecule has 0 amide bonds. The van der Waals surface area contributed by atoms with Gasteiger partial charge in [-0.15, -0.1) is 0 Å². The lowest BCUT2D eigenvalue weighted by Gasteiger charge is -2.27. The number of aryl methyl sites for hydroxylation is 1. The third-order valence-corrected chi connectivity index (χ3v) is 4.77. The molecule has 138 valence electrons. The number of anilines is 1. The van der Waals surface area contributed by atoms with E-state index >= 15 is 0 Å². The van der Waals surface area contributed by atoms with Crippen LogP contribution >= 0.6 is 0 Å². The topological polar surface area (TPSA) is 62.9 Å². The fourth-order valence-corrected chi connectivity index (χ4v) is 3.37. The number of likely N-dealkylation sites (N-methyl/N-ethyl adjacent to an activating group) is 1. The highest BCUT2D eigenvalue weighted by Crippen LogP contribution is 2.31. The van der Waals surface area contributed by atoms with Crippen LogP contribution in [0.25, 0.3) is 0 Å². The maximum Gasteiger partial charge on any atom is 0.189 e. The third kappa shape index (κ3) is 4.28. The zero-order valence-corrected chi connectivity index (χ0v) is 15.6. The van der Waals surface area contributed by atoms with Crippen LogP contribution in [0.4, 0.5) is 5.69 Å².